The first-order chi connectivity index (χ1) is 13.1. The molecule has 4 nitrogen and oxygen atoms in total. The van der Waals surface area contributed by atoms with Crippen LogP contribution in [0.4, 0.5) is 0 Å². The molecule has 0 radical (unpaired) electrons. The number of nitrogens with zero attached hydrogens (tertiary/aromatic N) is 1. The fourth-order valence-corrected chi connectivity index (χ4v) is 3.30. The van der Waals surface area contributed by atoms with Gasteiger partial charge in [0.25, 0.3) is 5.91 Å². The van der Waals surface area contributed by atoms with Gasteiger partial charge in [-0.1, -0.05) is 42.5 Å². The molecule has 0 fully saturated rings. The SMILES string of the molecule is O=C(N/N=C\c1ccc(OCc2ccccc2)c(Br)c1)c1ccccc1Br. The lowest BCUT2D eigenvalue weighted by Crippen LogP contribution is -2.18. The van der Waals surface area contributed by atoms with Gasteiger partial charge in [-0.15, -0.1) is 0 Å². The Balaban J connectivity index is 1.59. The quantitative estimate of drug-likeness (QED) is 0.365. The number of nitrogens with one attached hydrogen (secondary N) is 1. The minimum absolute atomic E-state index is 0.277. The van der Waals surface area contributed by atoms with E-state index in [2.05, 4.69) is 42.4 Å². The second-order valence-electron chi connectivity index (χ2n) is 5.64. The minimum atomic E-state index is -0.277. The van der Waals surface area contributed by atoms with Gasteiger partial charge < -0.3 is 4.74 Å². The Labute approximate surface area is 174 Å². The second-order valence-corrected chi connectivity index (χ2v) is 7.35. The van der Waals surface area contributed by atoms with E-state index in [0.29, 0.717) is 12.2 Å². The van der Waals surface area contributed by atoms with Crippen molar-refractivity contribution in [1.82, 2.24) is 5.43 Å². The van der Waals surface area contributed by atoms with Gasteiger partial charge in [0, 0.05) is 4.47 Å². The van der Waals surface area contributed by atoms with Gasteiger partial charge in [-0.25, -0.2) is 5.43 Å². The van der Waals surface area contributed by atoms with Gasteiger partial charge >= 0.3 is 0 Å². The number of amides is 1. The first-order valence-electron chi connectivity index (χ1n) is 8.17. The van der Waals surface area contributed by atoms with Crippen LogP contribution in [0.25, 0.3) is 0 Å². The summed E-state index contributed by atoms with van der Waals surface area (Å²) in [5.74, 6) is 0.467. The van der Waals surface area contributed by atoms with Crippen LogP contribution in [-0.4, -0.2) is 12.1 Å². The zero-order valence-corrected chi connectivity index (χ0v) is 17.4. The van der Waals surface area contributed by atoms with Crippen LogP contribution in [0, 0.1) is 0 Å². The van der Waals surface area contributed by atoms with E-state index in [1.54, 1.807) is 18.3 Å². The number of rotatable bonds is 6. The van der Waals surface area contributed by atoms with Crippen molar-refractivity contribution in [1.29, 1.82) is 0 Å². The van der Waals surface area contributed by atoms with Crippen molar-refractivity contribution in [2.24, 2.45) is 5.10 Å². The van der Waals surface area contributed by atoms with E-state index in [-0.39, 0.29) is 5.91 Å². The predicted octanol–water partition coefficient (Wildman–Crippen LogP) is 5.55. The molecule has 0 saturated heterocycles. The number of halogens is 2. The standard InChI is InChI=1S/C21H16Br2N2O2/c22-18-9-5-4-8-17(18)21(26)25-24-13-16-10-11-20(19(23)12-16)27-14-15-6-2-1-3-7-15/h1-13H,14H2,(H,25,26)/b24-13-. The summed E-state index contributed by atoms with van der Waals surface area (Å²) in [6, 6.07) is 22.8. The van der Waals surface area contributed by atoms with E-state index in [4.69, 9.17) is 4.74 Å². The molecule has 0 aromatic heterocycles. The molecule has 0 unspecified atom stereocenters. The number of hydrogen-bond acceptors (Lipinski definition) is 3. The molecular weight excluding hydrogens is 472 g/mol. The summed E-state index contributed by atoms with van der Waals surface area (Å²) in [6.45, 7) is 0.495. The zero-order chi connectivity index (χ0) is 19.1. The first kappa shape index (κ1) is 19.3. The van der Waals surface area contributed by atoms with Gasteiger partial charge in [0.2, 0.25) is 0 Å². The number of benzene rings is 3. The molecule has 0 atom stereocenters. The summed E-state index contributed by atoms with van der Waals surface area (Å²) in [7, 11) is 0. The van der Waals surface area contributed by atoms with E-state index in [9.17, 15) is 4.79 Å². The van der Waals surface area contributed by atoms with Crippen LogP contribution >= 0.6 is 31.9 Å². The minimum Gasteiger partial charge on any atom is -0.488 e. The molecule has 0 spiro atoms. The van der Waals surface area contributed by atoms with Gasteiger partial charge in [-0.3, -0.25) is 4.79 Å². The third kappa shape index (κ3) is 5.52. The lowest BCUT2D eigenvalue weighted by atomic mass is 10.2. The van der Waals surface area contributed by atoms with Crippen molar-refractivity contribution in [3.63, 3.8) is 0 Å². The highest BCUT2D eigenvalue weighted by atomic mass is 79.9. The maximum absolute atomic E-state index is 12.1. The Morgan fingerprint density at radius 2 is 1.70 bits per heavy atom. The largest absolute Gasteiger partial charge is 0.488 e. The number of hydrazone groups is 1. The highest BCUT2D eigenvalue weighted by Gasteiger charge is 2.07. The Bertz CT molecular complexity index is 959. The fraction of sp³-hybridized carbons (Fsp3) is 0.0476. The van der Waals surface area contributed by atoms with Crippen LogP contribution in [-0.2, 0) is 6.61 Å². The van der Waals surface area contributed by atoms with Crippen LogP contribution in [0.5, 0.6) is 5.75 Å². The van der Waals surface area contributed by atoms with Crippen molar-refractivity contribution in [3.8, 4) is 5.75 Å². The van der Waals surface area contributed by atoms with Crippen molar-refractivity contribution < 1.29 is 9.53 Å². The van der Waals surface area contributed by atoms with Gasteiger partial charge in [0.1, 0.15) is 12.4 Å². The van der Waals surface area contributed by atoms with E-state index in [1.165, 1.54) is 0 Å². The van der Waals surface area contributed by atoms with E-state index in [0.717, 1.165) is 25.8 Å². The normalized spacial score (nSPS) is 10.7. The van der Waals surface area contributed by atoms with Gasteiger partial charge in [0.05, 0.1) is 16.3 Å². The van der Waals surface area contributed by atoms with Gasteiger partial charge in [-0.05, 0) is 73.3 Å². The molecule has 3 rings (SSSR count). The van der Waals surface area contributed by atoms with Crippen molar-refractivity contribution in [3.05, 3.63) is 98.4 Å². The Kier molecular flexibility index (Phi) is 6.79. The summed E-state index contributed by atoms with van der Waals surface area (Å²) >= 11 is 6.86. The first-order valence-corrected chi connectivity index (χ1v) is 9.76. The van der Waals surface area contributed by atoms with E-state index >= 15 is 0 Å². The maximum Gasteiger partial charge on any atom is 0.272 e. The maximum atomic E-state index is 12.1. The average Bonchev–Trinajstić information content (AvgIpc) is 2.68. The number of carbonyl (C=O) groups is 1. The number of carbonyl (C=O) groups excluding carboxylic acids is 1. The third-order valence-electron chi connectivity index (χ3n) is 3.69. The van der Waals surface area contributed by atoms with Gasteiger partial charge in [0.15, 0.2) is 0 Å². The zero-order valence-electron chi connectivity index (χ0n) is 14.2. The molecule has 0 aliphatic carbocycles. The highest BCUT2D eigenvalue weighted by molar-refractivity contribution is 9.10. The molecule has 0 aliphatic heterocycles. The second kappa shape index (κ2) is 9.48. The predicted molar refractivity (Wildman–Crippen MR) is 114 cm³/mol. The molecule has 0 aliphatic rings. The molecule has 0 bridgehead atoms. The highest BCUT2D eigenvalue weighted by Crippen LogP contribution is 2.26. The van der Waals surface area contributed by atoms with Gasteiger partial charge in [-0.2, -0.15) is 5.10 Å². The third-order valence-corrected chi connectivity index (χ3v) is 5.00. The fourth-order valence-electron chi connectivity index (χ4n) is 2.32. The Morgan fingerprint density at radius 3 is 2.44 bits per heavy atom. The average molecular weight is 488 g/mol. The summed E-state index contributed by atoms with van der Waals surface area (Å²) in [6.07, 6.45) is 1.58. The molecular formula is C21H16Br2N2O2. The Morgan fingerprint density at radius 1 is 0.963 bits per heavy atom. The summed E-state index contributed by atoms with van der Waals surface area (Å²) < 4.78 is 7.37. The van der Waals surface area contributed by atoms with Crippen LogP contribution < -0.4 is 10.2 Å². The summed E-state index contributed by atoms with van der Waals surface area (Å²) in [4.78, 5) is 12.1. The number of ether oxygens (including phenoxy) is 1. The topological polar surface area (TPSA) is 50.7 Å². The molecule has 136 valence electrons. The Hall–Kier alpha value is -2.44. The van der Waals surface area contributed by atoms with E-state index < -0.39 is 0 Å². The molecule has 3 aromatic rings. The van der Waals surface area contributed by atoms with Crippen molar-refractivity contribution in [2.45, 2.75) is 6.61 Å². The summed E-state index contributed by atoms with van der Waals surface area (Å²) in [5, 5.41) is 4.02. The molecule has 1 N–H and O–H groups in total. The molecule has 1 amide bonds. The van der Waals surface area contributed by atoms with Crippen LogP contribution in [0.15, 0.2) is 86.8 Å². The van der Waals surface area contributed by atoms with Crippen molar-refractivity contribution in [2.75, 3.05) is 0 Å². The molecule has 6 heteroatoms. The molecule has 0 saturated carbocycles. The van der Waals surface area contributed by atoms with Crippen LogP contribution in [0.2, 0.25) is 0 Å². The molecule has 0 heterocycles. The lowest BCUT2D eigenvalue weighted by molar-refractivity contribution is 0.0954. The van der Waals surface area contributed by atoms with E-state index in [1.807, 2.05) is 60.7 Å². The summed E-state index contributed by atoms with van der Waals surface area (Å²) in [5.41, 5.74) is 4.99. The molecule has 27 heavy (non-hydrogen) atoms. The molecule has 3 aromatic carbocycles. The monoisotopic (exact) mass is 486 g/mol. The van der Waals surface area contributed by atoms with Crippen molar-refractivity contribution >= 4 is 44.0 Å². The van der Waals surface area contributed by atoms with Crippen LogP contribution in [0.1, 0.15) is 21.5 Å². The van der Waals surface area contributed by atoms with Crippen LogP contribution in [0.3, 0.4) is 0 Å². The smallest absolute Gasteiger partial charge is 0.272 e. The number of hydrogen-bond donors (Lipinski definition) is 1. The lowest BCUT2D eigenvalue weighted by Gasteiger charge is -2.09.